The average molecular weight is 246 g/mol. The van der Waals surface area contributed by atoms with E-state index < -0.39 is 0 Å². The summed E-state index contributed by atoms with van der Waals surface area (Å²) in [7, 11) is 0. The molecule has 100 valence electrons. The van der Waals surface area contributed by atoms with E-state index in [0.29, 0.717) is 6.04 Å². The lowest BCUT2D eigenvalue weighted by Crippen LogP contribution is -2.43. The van der Waals surface area contributed by atoms with E-state index in [4.69, 9.17) is 5.73 Å². The van der Waals surface area contributed by atoms with Crippen LogP contribution in [0.3, 0.4) is 0 Å². The summed E-state index contributed by atoms with van der Waals surface area (Å²) in [6.07, 6.45) is 2.19. The zero-order valence-electron chi connectivity index (χ0n) is 12.1. The molecule has 1 aromatic carbocycles. The minimum absolute atomic E-state index is 0.183. The molecule has 2 rings (SSSR count). The molecule has 0 spiro atoms. The molecule has 2 N–H and O–H groups in total. The van der Waals surface area contributed by atoms with Crippen molar-refractivity contribution in [1.29, 1.82) is 0 Å². The average Bonchev–Trinajstić information content (AvgIpc) is 2.71. The molecule has 18 heavy (non-hydrogen) atoms. The molecule has 1 fully saturated rings. The highest BCUT2D eigenvalue weighted by Gasteiger charge is 2.38. The minimum Gasteiger partial charge on any atom is -0.326 e. The summed E-state index contributed by atoms with van der Waals surface area (Å²) in [5.41, 5.74) is 9.27. The van der Waals surface area contributed by atoms with E-state index in [1.54, 1.807) is 0 Å². The number of hydrogen-bond donors (Lipinski definition) is 1. The summed E-state index contributed by atoms with van der Waals surface area (Å²) in [5, 5.41) is 0. The molecule has 0 aliphatic carbocycles. The van der Waals surface area contributed by atoms with Crippen molar-refractivity contribution in [1.82, 2.24) is 4.90 Å². The van der Waals surface area contributed by atoms with Gasteiger partial charge in [-0.2, -0.15) is 0 Å². The fourth-order valence-corrected chi connectivity index (χ4v) is 2.95. The minimum atomic E-state index is 0.183. The van der Waals surface area contributed by atoms with E-state index in [9.17, 15) is 0 Å². The lowest BCUT2D eigenvalue weighted by Gasteiger charge is -2.38. The molecule has 1 aliphatic heterocycles. The predicted molar refractivity (Wildman–Crippen MR) is 77.6 cm³/mol. The molecular formula is C16H26N2. The van der Waals surface area contributed by atoms with Crippen LogP contribution in [0.1, 0.15) is 51.3 Å². The Kier molecular flexibility index (Phi) is 3.79. The van der Waals surface area contributed by atoms with Gasteiger partial charge in [0.15, 0.2) is 0 Å². The maximum absolute atomic E-state index is 6.33. The first kappa shape index (κ1) is 13.6. The van der Waals surface area contributed by atoms with E-state index in [2.05, 4.69) is 56.9 Å². The smallest absolute Gasteiger partial charge is 0.0504 e. The zero-order chi connectivity index (χ0) is 13.3. The summed E-state index contributed by atoms with van der Waals surface area (Å²) in [6.45, 7) is 10.1. The third-order valence-electron chi connectivity index (χ3n) is 4.04. The van der Waals surface area contributed by atoms with Crippen LogP contribution in [0.25, 0.3) is 0 Å². The summed E-state index contributed by atoms with van der Waals surface area (Å²) in [6, 6.07) is 9.62. The first-order valence-corrected chi connectivity index (χ1v) is 7.04. The van der Waals surface area contributed by atoms with Gasteiger partial charge in [0.1, 0.15) is 0 Å². The zero-order valence-corrected chi connectivity index (χ0v) is 12.1. The highest BCUT2D eigenvalue weighted by atomic mass is 15.3. The Balaban J connectivity index is 2.28. The Hall–Kier alpha value is -0.860. The Labute approximate surface area is 111 Å². The first-order chi connectivity index (χ1) is 8.43. The molecule has 1 saturated heterocycles. The van der Waals surface area contributed by atoms with Crippen molar-refractivity contribution >= 4 is 0 Å². The van der Waals surface area contributed by atoms with Crippen molar-refractivity contribution in [2.24, 2.45) is 5.73 Å². The van der Waals surface area contributed by atoms with Crippen LogP contribution >= 0.6 is 0 Å². The monoisotopic (exact) mass is 246 g/mol. The van der Waals surface area contributed by atoms with Gasteiger partial charge in [0, 0.05) is 18.1 Å². The molecular weight excluding hydrogens is 220 g/mol. The molecule has 1 heterocycles. The Morgan fingerprint density at radius 1 is 1.22 bits per heavy atom. The van der Waals surface area contributed by atoms with Crippen LogP contribution in [-0.2, 0) is 6.42 Å². The second-order valence-corrected chi connectivity index (χ2v) is 6.36. The van der Waals surface area contributed by atoms with Crippen LogP contribution in [-0.4, -0.2) is 23.0 Å². The number of rotatable bonds is 2. The van der Waals surface area contributed by atoms with Crippen LogP contribution < -0.4 is 5.73 Å². The third-order valence-corrected chi connectivity index (χ3v) is 4.04. The molecule has 0 saturated carbocycles. The van der Waals surface area contributed by atoms with Gasteiger partial charge in [-0.15, -0.1) is 0 Å². The summed E-state index contributed by atoms with van der Waals surface area (Å²) in [5.74, 6) is 0. The van der Waals surface area contributed by atoms with Crippen molar-refractivity contribution in [2.75, 3.05) is 6.54 Å². The number of aryl methyl sites for hydroxylation is 1. The molecule has 2 unspecified atom stereocenters. The molecule has 1 aromatic rings. The maximum atomic E-state index is 6.33. The van der Waals surface area contributed by atoms with Crippen LogP contribution in [0.15, 0.2) is 24.3 Å². The molecule has 0 aromatic heterocycles. The summed E-state index contributed by atoms with van der Waals surface area (Å²) >= 11 is 0. The van der Waals surface area contributed by atoms with Crippen LogP contribution in [0, 0.1) is 0 Å². The number of likely N-dealkylation sites (tertiary alicyclic amines) is 1. The van der Waals surface area contributed by atoms with Crippen LogP contribution in [0.4, 0.5) is 0 Å². The van der Waals surface area contributed by atoms with Crippen LogP contribution in [0.5, 0.6) is 0 Å². The van der Waals surface area contributed by atoms with E-state index >= 15 is 0 Å². The largest absolute Gasteiger partial charge is 0.326 e. The van der Waals surface area contributed by atoms with E-state index in [0.717, 1.165) is 19.4 Å². The predicted octanol–water partition coefficient (Wildman–Crippen LogP) is 3.12. The molecule has 2 heteroatoms. The van der Waals surface area contributed by atoms with Gasteiger partial charge in [-0.3, -0.25) is 4.90 Å². The maximum Gasteiger partial charge on any atom is 0.0504 e. The highest BCUT2D eigenvalue weighted by Crippen LogP contribution is 2.36. The quantitative estimate of drug-likeness (QED) is 0.868. The second kappa shape index (κ2) is 5.02. The van der Waals surface area contributed by atoms with Crippen LogP contribution in [0.2, 0.25) is 0 Å². The highest BCUT2D eigenvalue weighted by molar-refractivity contribution is 5.27. The van der Waals surface area contributed by atoms with Crippen molar-refractivity contribution in [3.05, 3.63) is 35.4 Å². The fraction of sp³-hybridized carbons (Fsp3) is 0.625. The SMILES string of the molecule is CCc1ccc(C2C(N)CCN2C(C)(C)C)cc1. The lowest BCUT2D eigenvalue weighted by molar-refractivity contribution is 0.117. The molecule has 0 bridgehead atoms. The first-order valence-electron chi connectivity index (χ1n) is 7.04. The Morgan fingerprint density at radius 3 is 2.33 bits per heavy atom. The van der Waals surface area contributed by atoms with E-state index in [1.165, 1.54) is 11.1 Å². The normalized spacial score (nSPS) is 25.6. The topological polar surface area (TPSA) is 29.3 Å². The van der Waals surface area contributed by atoms with Gasteiger partial charge in [0.25, 0.3) is 0 Å². The third kappa shape index (κ3) is 2.60. The number of nitrogens with two attached hydrogens (primary N) is 1. The van der Waals surface area contributed by atoms with Gasteiger partial charge in [-0.05, 0) is 44.7 Å². The van der Waals surface area contributed by atoms with Gasteiger partial charge < -0.3 is 5.73 Å². The molecule has 2 atom stereocenters. The summed E-state index contributed by atoms with van der Waals surface area (Å²) in [4.78, 5) is 2.54. The molecule has 1 aliphatic rings. The molecule has 0 amide bonds. The van der Waals surface area contributed by atoms with Gasteiger partial charge in [0.05, 0.1) is 6.04 Å². The number of nitrogens with zero attached hydrogens (tertiary/aromatic N) is 1. The van der Waals surface area contributed by atoms with Gasteiger partial charge in [0.2, 0.25) is 0 Å². The Bertz CT molecular complexity index is 389. The Morgan fingerprint density at radius 2 is 1.83 bits per heavy atom. The van der Waals surface area contributed by atoms with Gasteiger partial charge in [-0.25, -0.2) is 0 Å². The van der Waals surface area contributed by atoms with Crippen molar-refractivity contribution in [2.45, 2.75) is 58.2 Å². The molecule has 0 radical (unpaired) electrons. The van der Waals surface area contributed by atoms with Crippen molar-refractivity contribution in [3.8, 4) is 0 Å². The lowest BCUT2D eigenvalue weighted by atomic mass is 9.96. The van der Waals surface area contributed by atoms with Gasteiger partial charge in [-0.1, -0.05) is 31.2 Å². The van der Waals surface area contributed by atoms with E-state index in [1.807, 2.05) is 0 Å². The second-order valence-electron chi connectivity index (χ2n) is 6.36. The van der Waals surface area contributed by atoms with E-state index in [-0.39, 0.29) is 11.6 Å². The van der Waals surface area contributed by atoms with Crippen molar-refractivity contribution in [3.63, 3.8) is 0 Å². The summed E-state index contributed by atoms with van der Waals surface area (Å²) < 4.78 is 0. The fourth-order valence-electron chi connectivity index (χ4n) is 2.95. The number of benzene rings is 1. The van der Waals surface area contributed by atoms with Gasteiger partial charge >= 0.3 is 0 Å². The standard InChI is InChI=1S/C16H26N2/c1-5-12-6-8-13(9-7-12)15-14(17)10-11-18(15)16(2,3)4/h6-9,14-15H,5,10-11,17H2,1-4H3. The number of hydrogen-bond acceptors (Lipinski definition) is 2. The molecule has 2 nitrogen and oxygen atoms in total. The van der Waals surface area contributed by atoms with Crippen molar-refractivity contribution < 1.29 is 0 Å².